The maximum Gasteiger partial charge on any atom is 0.255 e. The Hall–Kier alpha value is -1.03. The third-order valence-corrected chi connectivity index (χ3v) is 4.41. The van der Waals surface area contributed by atoms with Crippen LogP contribution in [0.15, 0.2) is 22.7 Å². The van der Waals surface area contributed by atoms with E-state index < -0.39 is 0 Å². The smallest absolute Gasteiger partial charge is 0.255 e. The van der Waals surface area contributed by atoms with Crippen LogP contribution in [0.25, 0.3) is 0 Å². The van der Waals surface area contributed by atoms with Crippen LogP contribution in [0.4, 0.5) is 0 Å². The summed E-state index contributed by atoms with van der Waals surface area (Å²) in [6.45, 7) is 2.06. The molecule has 4 heteroatoms. The molecule has 0 radical (unpaired) electrons. The third kappa shape index (κ3) is 3.72. The SMILES string of the molecule is CC(NC(=O)c1cc(Br)ccc1O)C1CCCCC1. The van der Waals surface area contributed by atoms with E-state index in [-0.39, 0.29) is 17.7 Å². The van der Waals surface area contributed by atoms with E-state index in [0.29, 0.717) is 11.5 Å². The van der Waals surface area contributed by atoms with Crippen LogP contribution in [0.5, 0.6) is 5.75 Å². The molecule has 1 aromatic rings. The lowest BCUT2D eigenvalue weighted by molar-refractivity contribution is 0.0916. The normalized spacial score (nSPS) is 18.0. The number of nitrogens with one attached hydrogen (secondary N) is 1. The Bertz CT molecular complexity index is 455. The molecule has 0 spiro atoms. The highest BCUT2D eigenvalue weighted by Gasteiger charge is 2.22. The predicted octanol–water partition coefficient (Wildman–Crippen LogP) is 3.85. The number of hydrogen-bond donors (Lipinski definition) is 2. The van der Waals surface area contributed by atoms with E-state index >= 15 is 0 Å². The zero-order valence-corrected chi connectivity index (χ0v) is 12.7. The number of amides is 1. The first-order chi connectivity index (χ1) is 9.08. The summed E-state index contributed by atoms with van der Waals surface area (Å²) in [5, 5.41) is 12.8. The molecule has 0 saturated heterocycles. The molecule has 2 N–H and O–H groups in total. The van der Waals surface area contributed by atoms with E-state index in [1.165, 1.54) is 38.2 Å². The van der Waals surface area contributed by atoms with Crippen LogP contribution in [0.2, 0.25) is 0 Å². The minimum absolute atomic E-state index is 0.0246. The first-order valence-electron chi connectivity index (χ1n) is 6.87. The molecule has 1 aliphatic rings. The minimum atomic E-state index is -0.197. The number of carbonyl (C=O) groups excluding carboxylic acids is 1. The average Bonchev–Trinajstić information content (AvgIpc) is 2.42. The molecule has 3 nitrogen and oxygen atoms in total. The van der Waals surface area contributed by atoms with Gasteiger partial charge in [0.2, 0.25) is 0 Å². The molecule has 104 valence electrons. The molecule has 1 fully saturated rings. The fraction of sp³-hybridized carbons (Fsp3) is 0.533. The minimum Gasteiger partial charge on any atom is -0.507 e. The summed E-state index contributed by atoms with van der Waals surface area (Å²) < 4.78 is 0.792. The van der Waals surface area contributed by atoms with Crippen LogP contribution < -0.4 is 5.32 Å². The van der Waals surface area contributed by atoms with Crippen LogP contribution >= 0.6 is 15.9 Å². The van der Waals surface area contributed by atoms with Crippen molar-refractivity contribution in [2.24, 2.45) is 5.92 Å². The zero-order valence-electron chi connectivity index (χ0n) is 11.2. The van der Waals surface area contributed by atoms with Crippen molar-refractivity contribution < 1.29 is 9.90 Å². The van der Waals surface area contributed by atoms with Gasteiger partial charge in [-0.05, 0) is 43.9 Å². The van der Waals surface area contributed by atoms with Crippen LogP contribution in [0, 0.1) is 5.92 Å². The summed E-state index contributed by atoms with van der Waals surface area (Å²) in [6, 6.07) is 5.06. The van der Waals surface area contributed by atoms with E-state index in [2.05, 4.69) is 28.2 Å². The van der Waals surface area contributed by atoms with E-state index in [9.17, 15) is 9.90 Å². The maximum absolute atomic E-state index is 12.2. The lowest BCUT2D eigenvalue weighted by Crippen LogP contribution is -2.38. The fourth-order valence-electron chi connectivity index (χ4n) is 2.73. The predicted molar refractivity (Wildman–Crippen MR) is 79.3 cm³/mol. The molecule has 1 saturated carbocycles. The van der Waals surface area contributed by atoms with Crippen molar-refractivity contribution in [1.82, 2.24) is 5.32 Å². The van der Waals surface area contributed by atoms with E-state index in [4.69, 9.17) is 0 Å². The summed E-state index contributed by atoms with van der Waals surface area (Å²) in [5.74, 6) is 0.389. The second kappa shape index (κ2) is 6.42. The first kappa shape index (κ1) is 14.4. The Balaban J connectivity index is 2.01. The van der Waals surface area contributed by atoms with E-state index in [1.807, 2.05) is 0 Å². The molecule has 0 heterocycles. The first-order valence-corrected chi connectivity index (χ1v) is 7.66. The summed E-state index contributed by atoms with van der Waals surface area (Å²) in [7, 11) is 0. The van der Waals surface area contributed by atoms with Gasteiger partial charge < -0.3 is 10.4 Å². The van der Waals surface area contributed by atoms with Crippen molar-refractivity contribution in [3.05, 3.63) is 28.2 Å². The quantitative estimate of drug-likeness (QED) is 0.886. The summed E-state index contributed by atoms with van der Waals surface area (Å²) in [6.07, 6.45) is 6.20. The monoisotopic (exact) mass is 325 g/mol. The molecule has 1 unspecified atom stereocenters. The Morgan fingerprint density at radius 3 is 2.74 bits per heavy atom. The number of carbonyl (C=O) groups is 1. The van der Waals surface area contributed by atoms with Crippen molar-refractivity contribution >= 4 is 21.8 Å². The van der Waals surface area contributed by atoms with Crippen molar-refractivity contribution in [1.29, 1.82) is 0 Å². The van der Waals surface area contributed by atoms with Crippen LogP contribution in [-0.2, 0) is 0 Å². The van der Waals surface area contributed by atoms with Gasteiger partial charge >= 0.3 is 0 Å². The summed E-state index contributed by atoms with van der Waals surface area (Å²) in [4.78, 5) is 12.2. The molecule has 2 rings (SSSR count). The lowest BCUT2D eigenvalue weighted by Gasteiger charge is -2.28. The lowest BCUT2D eigenvalue weighted by atomic mass is 9.84. The van der Waals surface area contributed by atoms with Gasteiger partial charge in [-0.1, -0.05) is 35.2 Å². The number of halogens is 1. The summed E-state index contributed by atoms with van der Waals surface area (Å²) in [5.41, 5.74) is 0.331. The Morgan fingerprint density at radius 2 is 2.05 bits per heavy atom. The Morgan fingerprint density at radius 1 is 1.37 bits per heavy atom. The molecule has 1 atom stereocenters. The molecular weight excluding hydrogens is 306 g/mol. The van der Waals surface area contributed by atoms with Crippen LogP contribution in [0.1, 0.15) is 49.4 Å². The van der Waals surface area contributed by atoms with Gasteiger partial charge in [0, 0.05) is 10.5 Å². The van der Waals surface area contributed by atoms with Crippen molar-refractivity contribution in [2.75, 3.05) is 0 Å². The number of benzene rings is 1. The zero-order chi connectivity index (χ0) is 13.8. The molecule has 0 aliphatic heterocycles. The van der Waals surface area contributed by atoms with E-state index in [1.54, 1.807) is 12.1 Å². The topological polar surface area (TPSA) is 49.3 Å². The average molecular weight is 326 g/mol. The Labute approximate surface area is 122 Å². The van der Waals surface area contributed by atoms with E-state index in [0.717, 1.165) is 4.47 Å². The van der Waals surface area contributed by atoms with Gasteiger partial charge in [-0.25, -0.2) is 0 Å². The van der Waals surface area contributed by atoms with Gasteiger partial charge in [-0.15, -0.1) is 0 Å². The Kier molecular flexibility index (Phi) is 4.86. The van der Waals surface area contributed by atoms with Crippen molar-refractivity contribution in [2.45, 2.75) is 45.1 Å². The van der Waals surface area contributed by atoms with Gasteiger partial charge in [-0.2, -0.15) is 0 Å². The standard InChI is InChI=1S/C15H20BrNO2/c1-10(11-5-3-2-4-6-11)17-15(19)13-9-12(16)7-8-14(13)18/h7-11,18H,2-6H2,1H3,(H,17,19). The highest BCUT2D eigenvalue weighted by atomic mass is 79.9. The number of rotatable bonds is 3. The largest absolute Gasteiger partial charge is 0.507 e. The number of hydrogen-bond acceptors (Lipinski definition) is 2. The van der Waals surface area contributed by atoms with Gasteiger partial charge in [0.05, 0.1) is 5.56 Å². The number of aromatic hydroxyl groups is 1. The molecular formula is C15H20BrNO2. The van der Waals surface area contributed by atoms with Crippen molar-refractivity contribution in [3.8, 4) is 5.75 Å². The molecule has 19 heavy (non-hydrogen) atoms. The maximum atomic E-state index is 12.2. The fourth-order valence-corrected chi connectivity index (χ4v) is 3.09. The molecule has 1 aromatic carbocycles. The van der Waals surface area contributed by atoms with Gasteiger partial charge in [0.1, 0.15) is 5.75 Å². The molecule has 0 aromatic heterocycles. The van der Waals surface area contributed by atoms with Gasteiger partial charge in [0.15, 0.2) is 0 Å². The van der Waals surface area contributed by atoms with Crippen LogP contribution in [0.3, 0.4) is 0 Å². The molecule has 1 amide bonds. The van der Waals surface area contributed by atoms with Crippen LogP contribution in [-0.4, -0.2) is 17.1 Å². The summed E-state index contributed by atoms with van der Waals surface area (Å²) >= 11 is 3.32. The second-order valence-electron chi connectivity index (χ2n) is 5.32. The highest BCUT2D eigenvalue weighted by molar-refractivity contribution is 9.10. The van der Waals surface area contributed by atoms with Gasteiger partial charge in [0.25, 0.3) is 5.91 Å². The van der Waals surface area contributed by atoms with Gasteiger partial charge in [-0.3, -0.25) is 4.79 Å². The third-order valence-electron chi connectivity index (χ3n) is 3.92. The highest BCUT2D eigenvalue weighted by Crippen LogP contribution is 2.27. The van der Waals surface area contributed by atoms with Crippen molar-refractivity contribution in [3.63, 3.8) is 0 Å². The molecule has 0 bridgehead atoms. The number of phenolic OH excluding ortho intramolecular Hbond substituents is 1. The number of phenols is 1. The second-order valence-corrected chi connectivity index (χ2v) is 6.24. The molecule has 1 aliphatic carbocycles.